The number of hydrogen-bond donors (Lipinski definition) is 2. The van der Waals surface area contributed by atoms with Gasteiger partial charge in [0.2, 0.25) is 11.8 Å². The van der Waals surface area contributed by atoms with E-state index in [4.69, 9.17) is 5.73 Å². The molecule has 0 saturated carbocycles. The molecule has 2 amide bonds. The van der Waals surface area contributed by atoms with Crippen molar-refractivity contribution in [2.45, 2.75) is 52.5 Å². The van der Waals surface area contributed by atoms with Gasteiger partial charge in [-0.2, -0.15) is 0 Å². The largest absolute Gasteiger partial charge is 0.356 e. The third kappa shape index (κ3) is 10.8. The highest BCUT2D eigenvalue weighted by Crippen LogP contribution is 1.98. The fourth-order valence-corrected chi connectivity index (χ4v) is 1.65. The highest BCUT2D eigenvalue weighted by Gasteiger charge is 2.09. The maximum absolute atomic E-state index is 11.7. The second-order valence-electron chi connectivity index (χ2n) is 4.54. The Labute approximate surface area is 122 Å². The first-order valence-electron chi connectivity index (χ1n) is 6.81. The van der Waals surface area contributed by atoms with Crippen molar-refractivity contribution in [2.75, 3.05) is 19.6 Å². The van der Waals surface area contributed by atoms with Crippen LogP contribution in [0.3, 0.4) is 0 Å². The van der Waals surface area contributed by atoms with Gasteiger partial charge in [0.25, 0.3) is 0 Å². The molecule has 0 rings (SSSR count). The number of carbonyl (C=O) groups is 2. The first kappa shape index (κ1) is 20.5. The van der Waals surface area contributed by atoms with Gasteiger partial charge in [-0.1, -0.05) is 0 Å². The number of rotatable bonds is 9. The van der Waals surface area contributed by atoms with E-state index in [1.165, 1.54) is 0 Å². The minimum absolute atomic E-state index is 0. The number of hydrogen-bond acceptors (Lipinski definition) is 3. The van der Waals surface area contributed by atoms with Gasteiger partial charge in [0.05, 0.1) is 0 Å². The van der Waals surface area contributed by atoms with Gasteiger partial charge in [0, 0.05) is 38.5 Å². The Morgan fingerprint density at radius 2 is 1.79 bits per heavy atom. The van der Waals surface area contributed by atoms with Crippen LogP contribution in [-0.4, -0.2) is 42.4 Å². The fourth-order valence-electron chi connectivity index (χ4n) is 1.65. The maximum atomic E-state index is 11.7. The lowest BCUT2D eigenvalue weighted by atomic mass is 10.2. The van der Waals surface area contributed by atoms with Crippen LogP contribution < -0.4 is 11.1 Å². The Kier molecular flexibility index (Phi) is 13.2. The van der Waals surface area contributed by atoms with E-state index in [1.54, 1.807) is 4.90 Å². The molecule has 0 heterocycles. The summed E-state index contributed by atoms with van der Waals surface area (Å²) < 4.78 is 0. The molecule has 0 aliphatic rings. The quantitative estimate of drug-likeness (QED) is 0.629. The fraction of sp³-hybridized carbons (Fsp3) is 0.846. The molecule has 1 atom stereocenters. The molecule has 6 heteroatoms. The van der Waals surface area contributed by atoms with Crippen LogP contribution >= 0.6 is 12.4 Å². The van der Waals surface area contributed by atoms with E-state index in [0.29, 0.717) is 32.2 Å². The Morgan fingerprint density at radius 3 is 2.26 bits per heavy atom. The zero-order chi connectivity index (χ0) is 14.0. The van der Waals surface area contributed by atoms with E-state index in [2.05, 4.69) is 5.32 Å². The molecular formula is C13H28ClN3O2. The molecule has 0 aromatic heterocycles. The second-order valence-corrected chi connectivity index (χ2v) is 4.54. The number of nitrogens with zero attached hydrogens (tertiary/aromatic N) is 1. The molecule has 0 aromatic rings. The molecule has 0 spiro atoms. The van der Waals surface area contributed by atoms with Gasteiger partial charge in [-0.3, -0.25) is 9.59 Å². The highest BCUT2D eigenvalue weighted by molar-refractivity contribution is 5.85. The summed E-state index contributed by atoms with van der Waals surface area (Å²) >= 11 is 0. The van der Waals surface area contributed by atoms with Gasteiger partial charge in [-0.25, -0.2) is 0 Å². The highest BCUT2D eigenvalue weighted by atomic mass is 35.5. The Bertz CT molecular complexity index is 256. The standard InChI is InChI=1S/C13H27N3O2.ClH/c1-4-16(5-2)13(18)7-6-10-15-12(17)9-8-11(3)14;/h11H,4-10,14H2,1-3H3,(H,15,17);1H. The van der Waals surface area contributed by atoms with Crippen molar-refractivity contribution in [1.29, 1.82) is 0 Å². The minimum atomic E-state index is 0. The molecule has 1 unspecified atom stereocenters. The van der Waals surface area contributed by atoms with Gasteiger partial charge < -0.3 is 16.0 Å². The van der Waals surface area contributed by atoms with E-state index in [1.807, 2.05) is 20.8 Å². The van der Waals surface area contributed by atoms with E-state index < -0.39 is 0 Å². The van der Waals surface area contributed by atoms with Crippen LogP contribution in [0.5, 0.6) is 0 Å². The molecular weight excluding hydrogens is 266 g/mol. The SMILES string of the molecule is CCN(CC)C(=O)CCCNC(=O)CCC(C)N.Cl. The predicted molar refractivity (Wildman–Crippen MR) is 80.3 cm³/mol. The van der Waals surface area contributed by atoms with E-state index >= 15 is 0 Å². The first-order chi connectivity index (χ1) is 8.51. The van der Waals surface area contributed by atoms with Crippen molar-refractivity contribution in [3.8, 4) is 0 Å². The molecule has 19 heavy (non-hydrogen) atoms. The lowest BCUT2D eigenvalue weighted by Crippen LogP contribution is -2.31. The zero-order valence-corrected chi connectivity index (χ0v) is 13.1. The molecule has 0 bridgehead atoms. The van der Waals surface area contributed by atoms with Crippen molar-refractivity contribution >= 4 is 24.2 Å². The molecule has 0 radical (unpaired) electrons. The second kappa shape index (κ2) is 12.2. The van der Waals surface area contributed by atoms with Gasteiger partial charge in [-0.15, -0.1) is 12.4 Å². The summed E-state index contributed by atoms with van der Waals surface area (Å²) in [4.78, 5) is 24.8. The van der Waals surface area contributed by atoms with Gasteiger partial charge >= 0.3 is 0 Å². The molecule has 0 fully saturated rings. The van der Waals surface area contributed by atoms with Gasteiger partial charge in [-0.05, 0) is 33.6 Å². The average molecular weight is 294 g/mol. The molecule has 0 aliphatic heterocycles. The molecule has 114 valence electrons. The number of nitrogens with two attached hydrogens (primary N) is 1. The van der Waals surface area contributed by atoms with Crippen molar-refractivity contribution in [3.63, 3.8) is 0 Å². The summed E-state index contributed by atoms with van der Waals surface area (Å²) in [5, 5.41) is 2.80. The van der Waals surface area contributed by atoms with Crippen LogP contribution in [0.15, 0.2) is 0 Å². The predicted octanol–water partition coefficient (Wildman–Crippen LogP) is 1.30. The van der Waals surface area contributed by atoms with Crippen LogP contribution in [-0.2, 0) is 9.59 Å². The van der Waals surface area contributed by atoms with Gasteiger partial charge in [0.1, 0.15) is 0 Å². The summed E-state index contributed by atoms with van der Waals surface area (Å²) in [5.74, 6) is 0.174. The lowest BCUT2D eigenvalue weighted by molar-refractivity contribution is -0.131. The molecule has 3 N–H and O–H groups in total. The molecule has 0 saturated heterocycles. The van der Waals surface area contributed by atoms with Crippen LogP contribution in [0.1, 0.15) is 46.5 Å². The minimum Gasteiger partial charge on any atom is -0.356 e. The topological polar surface area (TPSA) is 75.4 Å². The summed E-state index contributed by atoms with van der Waals surface area (Å²) in [6, 6.07) is 0.0556. The monoisotopic (exact) mass is 293 g/mol. The summed E-state index contributed by atoms with van der Waals surface area (Å²) in [5.41, 5.74) is 5.57. The van der Waals surface area contributed by atoms with E-state index in [9.17, 15) is 9.59 Å². The summed E-state index contributed by atoms with van der Waals surface area (Å²) in [7, 11) is 0. The van der Waals surface area contributed by atoms with E-state index in [0.717, 1.165) is 13.1 Å². The number of halogens is 1. The molecule has 5 nitrogen and oxygen atoms in total. The third-order valence-corrected chi connectivity index (χ3v) is 2.83. The third-order valence-electron chi connectivity index (χ3n) is 2.83. The summed E-state index contributed by atoms with van der Waals surface area (Å²) in [6.45, 7) is 7.88. The maximum Gasteiger partial charge on any atom is 0.222 e. The molecule has 0 aliphatic carbocycles. The van der Waals surface area contributed by atoms with Crippen LogP contribution in [0.25, 0.3) is 0 Å². The van der Waals surface area contributed by atoms with Crippen molar-refractivity contribution in [3.05, 3.63) is 0 Å². The Balaban J connectivity index is 0. The first-order valence-corrected chi connectivity index (χ1v) is 6.81. The normalized spacial score (nSPS) is 11.4. The Hall–Kier alpha value is -0.810. The smallest absolute Gasteiger partial charge is 0.222 e. The van der Waals surface area contributed by atoms with Crippen LogP contribution in [0, 0.1) is 0 Å². The zero-order valence-electron chi connectivity index (χ0n) is 12.3. The van der Waals surface area contributed by atoms with Crippen LogP contribution in [0.4, 0.5) is 0 Å². The van der Waals surface area contributed by atoms with Crippen molar-refractivity contribution in [2.24, 2.45) is 5.73 Å². The van der Waals surface area contributed by atoms with Gasteiger partial charge in [0.15, 0.2) is 0 Å². The Morgan fingerprint density at radius 1 is 1.21 bits per heavy atom. The number of nitrogens with one attached hydrogen (secondary N) is 1. The summed E-state index contributed by atoms with van der Waals surface area (Å²) in [6.07, 6.45) is 2.35. The average Bonchev–Trinajstić information content (AvgIpc) is 2.33. The number of amides is 2. The van der Waals surface area contributed by atoms with Crippen LogP contribution in [0.2, 0.25) is 0 Å². The molecule has 0 aromatic carbocycles. The van der Waals surface area contributed by atoms with Crippen molar-refractivity contribution in [1.82, 2.24) is 10.2 Å². The number of carbonyl (C=O) groups excluding carboxylic acids is 2. The van der Waals surface area contributed by atoms with E-state index in [-0.39, 0.29) is 30.3 Å². The van der Waals surface area contributed by atoms with Crippen molar-refractivity contribution < 1.29 is 9.59 Å². The lowest BCUT2D eigenvalue weighted by Gasteiger charge is -2.18.